The van der Waals surface area contributed by atoms with E-state index in [1.165, 1.54) is 24.4 Å². The van der Waals surface area contributed by atoms with E-state index in [2.05, 4.69) is 14.8 Å². The number of nitrogens with zero attached hydrogens (tertiary/aromatic N) is 3. The van der Waals surface area contributed by atoms with E-state index in [1.54, 1.807) is 16.9 Å². The van der Waals surface area contributed by atoms with E-state index in [4.69, 9.17) is 5.11 Å². The Kier molecular flexibility index (Phi) is 4.17. The quantitative estimate of drug-likeness (QED) is 0.722. The van der Waals surface area contributed by atoms with Gasteiger partial charge in [-0.05, 0) is 38.1 Å². The third kappa shape index (κ3) is 3.31. The molecule has 0 spiro atoms. The van der Waals surface area contributed by atoms with Gasteiger partial charge in [-0.2, -0.15) is 5.10 Å². The molecule has 9 heteroatoms. The van der Waals surface area contributed by atoms with E-state index in [1.807, 2.05) is 13.8 Å². The summed E-state index contributed by atoms with van der Waals surface area (Å²) in [5, 5.41) is 13.9. The summed E-state index contributed by atoms with van der Waals surface area (Å²) < 4.78 is 29.1. The van der Waals surface area contributed by atoms with Crippen molar-refractivity contribution in [2.75, 3.05) is 4.72 Å². The second-order valence-electron chi connectivity index (χ2n) is 5.76. The number of carbonyl (C=O) groups is 1. The Hall–Kier alpha value is -2.94. The molecule has 3 rings (SSSR count). The van der Waals surface area contributed by atoms with Gasteiger partial charge < -0.3 is 5.11 Å². The number of pyridine rings is 1. The third-order valence-electron chi connectivity index (χ3n) is 3.57. The Morgan fingerprint density at radius 1 is 1.24 bits per heavy atom. The number of rotatable bonds is 5. The van der Waals surface area contributed by atoms with Gasteiger partial charge in [0.25, 0.3) is 10.0 Å². The minimum Gasteiger partial charge on any atom is -0.478 e. The number of hydrogen-bond acceptors (Lipinski definition) is 5. The Labute approximate surface area is 144 Å². The fraction of sp³-hybridized carbons (Fsp3) is 0.188. The highest BCUT2D eigenvalue weighted by Crippen LogP contribution is 2.22. The van der Waals surface area contributed by atoms with Crippen molar-refractivity contribution in [2.45, 2.75) is 24.8 Å². The zero-order valence-electron chi connectivity index (χ0n) is 13.5. The molecule has 0 bridgehead atoms. The SMILES string of the molecule is CC(C)n1ncc2cc(NS(=O)(=O)c3cccc(C(=O)O)c3)cnc21. The fourth-order valence-corrected chi connectivity index (χ4v) is 3.46. The van der Waals surface area contributed by atoms with Crippen molar-refractivity contribution in [2.24, 2.45) is 0 Å². The number of aromatic carboxylic acids is 1. The lowest BCUT2D eigenvalue weighted by atomic mass is 10.2. The molecular formula is C16H16N4O4S. The molecule has 0 aliphatic heterocycles. The lowest BCUT2D eigenvalue weighted by molar-refractivity contribution is 0.0696. The lowest BCUT2D eigenvalue weighted by Gasteiger charge is -2.09. The molecule has 1 aromatic carbocycles. The standard InChI is InChI=1S/C16H16N4O4S/c1-10(2)20-15-12(8-18-20)6-13(9-17-15)19-25(23,24)14-5-3-4-11(7-14)16(21)22/h3-10,19H,1-2H3,(H,21,22). The summed E-state index contributed by atoms with van der Waals surface area (Å²) in [4.78, 5) is 15.1. The van der Waals surface area contributed by atoms with Crippen LogP contribution >= 0.6 is 0 Å². The molecule has 130 valence electrons. The maximum atomic E-state index is 12.5. The maximum Gasteiger partial charge on any atom is 0.335 e. The van der Waals surface area contributed by atoms with Crippen LogP contribution in [-0.2, 0) is 10.0 Å². The minimum absolute atomic E-state index is 0.102. The first-order chi connectivity index (χ1) is 11.8. The number of carboxylic acids is 1. The number of sulfonamides is 1. The van der Waals surface area contributed by atoms with Crippen molar-refractivity contribution in [1.29, 1.82) is 0 Å². The molecule has 0 unspecified atom stereocenters. The largest absolute Gasteiger partial charge is 0.478 e. The Morgan fingerprint density at radius 3 is 2.68 bits per heavy atom. The van der Waals surface area contributed by atoms with E-state index in [9.17, 15) is 13.2 Å². The zero-order chi connectivity index (χ0) is 18.2. The second kappa shape index (κ2) is 6.17. The van der Waals surface area contributed by atoms with Crippen molar-refractivity contribution in [1.82, 2.24) is 14.8 Å². The van der Waals surface area contributed by atoms with Crippen LogP contribution in [0.3, 0.4) is 0 Å². The summed E-state index contributed by atoms with van der Waals surface area (Å²) in [5.74, 6) is -1.19. The van der Waals surface area contributed by atoms with Crippen molar-refractivity contribution >= 4 is 32.7 Å². The average Bonchev–Trinajstić information content (AvgIpc) is 2.98. The number of fused-ring (bicyclic) bond motifs is 1. The van der Waals surface area contributed by atoms with Crippen LogP contribution in [-0.4, -0.2) is 34.3 Å². The molecule has 0 saturated carbocycles. The van der Waals surface area contributed by atoms with Gasteiger partial charge in [-0.15, -0.1) is 0 Å². The highest BCUT2D eigenvalue weighted by molar-refractivity contribution is 7.92. The summed E-state index contributed by atoms with van der Waals surface area (Å²) in [5.41, 5.74) is 0.831. The summed E-state index contributed by atoms with van der Waals surface area (Å²) in [6.45, 7) is 3.94. The minimum atomic E-state index is -3.93. The number of anilines is 1. The Balaban J connectivity index is 1.94. The molecule has 2 heterocycles. The van der Waals surface area contributed by atoms with Crippen LogP contribution in [0.2, 0.25) is 0 Å². The second-order valence-corrected chi connectivity index (χ2v) is 7.44. The van der Waals surface area contributed by atoms with Gasteiger partial charge in [0, 0.05) is 11.4 Å². The van der Waals surface area contributed by atoms with Crippen LogP contribution in [0.5, 0.6) is 0 Å². The fourth-order valence-electron chi connectivity index (χ4n) is 2.38. The van der Waals surface area contributed by atoms with Crippen LogP contribution in [0.4, 0.5) is 5.69 Å². The molecule has 0 radical (unpaired) electrons. The predicted molar refractivity (Wildman–Crippen MR) is 92.1 cm³/mol. The van der Waals surface area contributed by atoms with E-state index in [-0.39, 0.29) is 22.2 Å². The van der Waals surface area contributed by atoms with Gasteiger partial charge in [-0.3, -0.25) is 4.72 Å². The Bertz CT molecular complexity index is 1060. The normalized spacial score (nSPS) is 11.8. The summed E-state index contributed by atoms with van der Waals surface area (Å²) >= 11 is 0. The summed E-state index contributed by atoms with van der Waals surface area (Å²) in [6, 6.07) is 6.91. The van der Waals surface area contributed by atoms with Crippen molar-refractivity contribution in [3.8, 4) is 0 Å². The lowest BCUT2D eigenvalue weighted by Crippen LogP contribution is -2.14. The molecule has 0 fully saturated rings. The van der Waals surface area contributed by atoms with Crippen LogP contribution in [0, 0.1) is 0 Å². The Morgan fingerprint density at radius 2 is 2.00 bits per heavy atom. The van der Waals surface area contributed by atoms with Gasteiger partial charge in [0.2, 0.25) is 0 Å². The van der Waals surface area contributed by atoms with Gasteiger partial charge in [0.1, 0.15) is 0 Å². The summed E-state index contributed by atoms with van der Waals surface area (Å²) in [7, 11) is -3.93. The first-order valence-corrected chi connectivity index (χ1v) is 8.96. The van der Waals surface area contributed by atoms with Crippen LogP contribution in [0.15, 0.2) is 47.6 Å². The first kappa shape index (κ1) is 16.9. The van der Waals surface area contributed by atoms with Gasteiger partial charge in [-0.25, -0.2) is 22.9 Å². The molecule has 2 N–H and O–H groups in total. The molecule has 2 aromatic heterocycles. The summed E-state index contributed by atoms with van der Waals surface area (Å²) in [6.07, 6.45) is 3.02. The first-order valence-electron chi connectivity index (χ1n) is 7.47. The van der Waals surface area contributed by atoms with Gasteiger partial charge in [-0.1, -0.05) is 6.07 Å². The van der Waals surface area contributed by atoms with Crippen molar-refractivity contribution < 1.29 is 18.3 Å². The molecule has 8 nitrogen and oxygen atoms in total. The van der Waals surface area contributed by atoms with Crippen LogP contribution in [0.1, 0.15) is 30.2 Å². The molecular weight excluding hydrogens is 344 g/mol. The van der Waals surface area contributed by atoms with Crippen molar-refractivity contribution in [3.63, 3.8) is 0 Å². The molecule has 25 heavy (non-hydrogen) atoms. The van der Waals surface area contributed by atoms with E-state index >= 15 is 0 Å². The third-order valence-corrected chi connectivity index (χ3v) is 4.94. The van der Waals surface area contributed by atoms with Gasteiger partial charge >= 0.3 is 5.97 Å². The van der Waals surface area contributed by atoms with E-state index in [0.29, 0.717) is 11.0 Å². The molecule has 3 aromatic rings. The molecule has 0 atom stereocenters. The van der Waals surface area contributed by atoms with Gasteiger partial charge in [0.05, 0.1) is 28.5 Å². The van der Waals surface area contributed by atoms with E-state index < -0.39 is 16.0 Å². The predicted octanol–water partition coefficient (Wildman–Crippen LogP) is 2.51. The number of nitrogens with one attached hydrogen (secondary N) is 1. The number of hydrogen-bond donors (Lipinski definition) is 2. The highest BCUT2D eigenvalue weighted by atomic mass is 32.2. The van der Waals surface area contributed by atoms with Crippen LogP contribution < -0.4 is 4.72 Å². The van der Waals surface area contributed by atoms with Gasteiger partial charge in [0.15, 0.2) is 5.65 Å². The topological polar surface area (TPSA) is 114 Å². The smallest absolute Gasteiger partial charge is 0.335 e. The molecule has 0 aliphatic carbocycles. The molecule has 0 saturated heterocycles. The van der Waals surface area contributed by atoms with Crippen LogP contribution in [0.25, 0.3) is 11.0 Å². The van der Waals surface area contributed by atoms with E-state index in [0.717, 1.165) is 6.07 Å². The monoisotopic (exact) mass is 360 g/mol. The number of carboxylic acid groups (broad SMARTS) is 1. The van der Waals surface area contributed by atoms with Crippen molar-refractivity contribution in [3.05, 3.63) is 48.3 Å². The molecule has 0 aliphatic rings. The highest BCUT2D eigenvalue weighted by Gasteiger charge is 2.17. The average molecular weight is 360 g/mol. The zero-order valence-corrected chi connectivity index (χ0v) is 14.4. The molecule has 0 amide bonds. The number of aromatic nitrogens is 3. The number of benzene rings is 1. The maximum absolute atomic E-state index is 12.5.